The van der Waals surface area contributed by atoms with Gasteiger partial charge in [-0.25, -0.2) is 14.8 Å². The number of urea groups is 1. The van der Waals surface area contributed by atoms with E-state index in [1.807, 2.05) is 12.1 Å². The third-order valence-electron chi connectivity index (χ3n) is 4.69. The van der Waals surface area contributed by atoms with Gasteiger partial charge in [0.15, 0.2) is 5.69 Å². The third-order valence-corrected chi connectivity index (χ3v) is 4.69. The Morgan fingerprint density at radius 3 is 2.62 bits per heavy atom. The molecule has 0 atom stereocenters. The molecule has 3 rings (SSSR count). The molecule has 3 amide bonds. The second-order valence-corrected chi connectivity index (χ2v) is 7.28. The van der Waals surface area contributed by atoms with Gasteiger partial charge in [0, 0.05) is 25.5 Å². The van der Waals surface area contributed by atoms with Gasteiger partial charge < -0.3 is 9.88 Å². The molecule has 0 aromatic carbocycles. The molecule has 1 spiro atoms. The Morgan fingerprint density at radius 2 is 2.12 bits per heavy atom. The fourth-order valence-electron chi connectivity index (χ4n) is 3.38. The first-order valence-corrected chi connectivity index (χ1v) is 8.74. The quantitative estimate of drug-likeness (QED) is 0.622. The summed E-state index contributed by atoms with van der Waals surface area (Å²) in [6.07, 6.45) is 3.98. The van der Waals surface area contributed by atoms with Gasteiger partial charge >= 0.3 is 6.03 Å². The van der Waals surface area contributed by atoms with Gasteiger partial charge in [0.05, 0.1) is 0 Å². The molecule has 1 saturated heterocycles. The molecule has 138 valence electrons. The summed E-state index contributed by atoms with van der Waals surface area (Å²) in [6.45, 7) is 4.85. The monoisotopic (exact) mass is 357 g/mol. The van der Waals surface area contributed by atoms with Crippen LogP contribution in [0, 0.1) is 17.2 Å². The molecule has 9 heteroatoms. The molecule has 26 heavy (non-hydrogen) atoms. The van der Waals surface area contributed by atoms with Crippen LogP contribution in [0.5, 0.6) is 0 Å². The maximum Gasteiger partial charge on any atom is 0.322 e. The zero-order valence-corrected chi connectivity index (χ0v) is 15.2. The normalized spacial score (nSPS) is 22.3. The van der Waals surface area contributed by atoms with Crippen molar-refractivity contribution < 1.29 is 9.59 Å². The standard InChI is InChI=1S/C17H23N7O2/c1-11(2)9-24(16-19-13(8-18)10-23(16)3)22-12-4-6-17(7-5-12)14(25)20-15(26)21-17/h10-11H,4-7,9H2,1-3H3,(H2,20,21,25,26). The summed E-state index contributed by atoms with van der Waals surface area (Å²) in [5.74, 6) is 0.731. The Hall–Kier alpha value is -2.89. The van der Waals surface area contributed by atoms with Crippen LogP contribution in [0.4, 0.5) is 10.7 Å². The van der Waals surface area contributed by atoms with Crippen molar-refractivity contribution in [2.45, 2.75) is 45.1 Å². The van der Waals surface area contributed by atoms with E-state index >= 15 is 0 Å². The van der Waals surface area contributed by atoms with E-state index < -0.39 is 11.6 Å². The SMILES string of the molecule is CC(C)CN(N=C1CCC2(CC1)NC(=O)NC2=O)c1nc(C#N)cn1C. The number of nitriles is 1. The number of nitrogens with one attached hydrogen (secondary N) is 2. The van der Waals surface area contributed by atoms with Crippen LogP contribution >= 0.6 is 0 Å². The Bertz CT molecular complexity index is 793. The molecule has 0 unspecified atom stereocenters. The molecule has 2 fully saturated rings. The van der Waals surface area contributed by atoms with E-state index in [-0.39, 0.29) is 5.91 Å². The van der Waals surface area contributed by atoms with E-state index in [2.05, 4.69) is 35.5 Å². The first-order valence-electron chi connectivity index (χ1n) is 8.74. The minimum Gasteiger partial charge on any atom is -0.323 e. The van der Waals surface area contributed by atoms with E-state index in [1.54, 1.807) is 10.8 Å². The van der Waals surface area contributed by atoms with Crippen LogP contribution in [-0.2, 0) is 11.8 Å². The van der Waals surface area contributed by atoms with Crippen molar-refractivity contribution in [2.75, 3.05) is 11.6 Å². The fourth-order valence-corrected chi connectivity index (χ4v) is 3.38. The van der Waals surface area contributed by atoms with Crippen LogP contribution in [0.25, 0.3) is 0 Å². The lowest BCUT2D eigenvalue weighted by atomic mass is 9.81. The van der Waals surface area contributed by atoms with Gasteiger partial charge in [0.2, 0.25) is 5.95 Å². The van der Waals surface area contributed by atoms with Crippen LogP contribution in [0.3, 0.4) is 0 Å². The van der Waals surface area contributed by atoms with Crippen LogP contribution < -0.4 is 15.6 Å². The second-order valence-electron chi connectivity index (χ2n) is 7.28. The number of hydrogen-bond acceptors (Lipinski definition) is 6. The Balaban J connectivity index is 1.79. The summed E-state index contributed by atoms with van der Waals surface area (Å²) in [5, 5.41) is 20.7. The van der Waals surface area contributed by atoms with Crippen molar-refractivity contribution >= 4 is 23.6 Å². The predicted molar refractivity (Wildman–Crippen MR) is 95.4 cm³/mol. The highest BCUT2D eigenvalue weighted by molar-refractivity contribution is 6.08. The number of imide groups is 1. The summed E-state index contributed by atoms with van der Waals surface area (Å²) in [7, 11) is 1.84. The second kappa shape index (κ2) is 6.78. The topological polar surface area (TPSA) is 115 Å². The average molecular weight is 357 g/mol. The van der Waals surface area contributed by atoms with E-state index in [4.69, 9.17) is 10.4 Å². The molecule has 1 aliphatic heterocycles. The van der Waals surface area contributed by atoms with Crippen molar-refractivity contribution in [1.29, 1.82) is 5.26 Å². The minimum atomic E-state index is -0.795. The van der Waals surface area contributed by atoms with Gasteiger partial charge in [0.25, 0.3) is 5.91 Å². The van der Waals surface area contributed by atoms with Gasteiger partial charge in [-0.05, 0) is 31.6 Å². The highest BCUT2D eigenvalue weighted by Crippen LogP contribution is 2.30. The van der Waals surface area contributed by atoms with Crippen LogP contribution in [-0.4, -0.2) is 39.3 Å². The first-order chi connectivity index (χ1) is 12.3. The lowest BCUT2D eigenvalue weighted by molar-refractivity contribution is -0.124. The van der Waals surface area contributed by atoms with Crippen molar-refractivity contribution in [3.8, 4) is 6.07 Å². The molecular weight excluding hydrogens is 334 g/mol. The molecule has 2 N–H and O–H groups in total. The summed E-state index contributed by atoms with van der Waals surface area (Å²) < 4.78 is 1.79. The molecule has 1 aromatic rings. The largest absolute Gasteiger partial charge is 0.323 e. The predicted octanol–water partition coefficient (Wildman–Crippen LogP) is 1.26. The Morgan fingerprint density at radius 1 is 1.42 bits per heavy atom. The summed E-state index contributed by atoms with van der Waals surface area (Å²) in [5.41, 5.74) is 0.520. The molecule has 1 saturated carbocycles. The highest BCUT2D eigenvalue weighted by Gasteiger charge is 2.47. The summed E-state index contributed by atoms with van der Waals surface area (Å²) >= 11 is 0. The number of hydrogen-bond donors (Lipinski definition) is 2. The summed E-state index contributed by atoms with van der Waals surface area (Å²) in [4.78, 5) is 27.8. The molecule has 2 aliphatic rings. The van der Waals surface area contributed by atoms with Gasteiger partial charge in [-0.15, -0.1) is 0 Å². The van der Waals surface area contributed by atoms with E-state index in [0.717, 1.165) is 5.71 Å². The number of anilines is 1. The van der Waals surface area contributed by atoms with Crippen molar-refractivity contribution in [1.82, 2.24) is 20.2 Å². The van der Waals surface area contributed by atoms with E-state index in [0.29, 0.717) is 49.8 Å². The zero-order valence-electron chi connectivity index (χ0n) is 15.2. The van der Waals surface area contributed by atoms with Gasteiger partial charge in [-0.1, -0.05) is 13.8 Å². The number of rotatable bonds is 4. The molecule has 9 nitrogen and oxygen atoms in total. The van der Waals surface area contributed by atoms with Crippen LogP contribution in [0.2, 0.25) is 0 Å². The van der Waals surface area contributed by atoms with Gasteiger partial charge in [0.1, 0.15) is 11.6 Å². The van der Waals surface area contributed by atoms with Gasteiger partial charge in [-0.2, -0.15) is 10.4 Å². The molecule has 1 aliphatic carbocycles. The number of hydrazone groups is 1. The minimum absolute atomic E-state index is 0.247. The first kappa shape index (κ1) is 17.9. The van der Waals surface area contributed by atoms with E-state index in [1.165, 1.54) is 0 Å². The molecular formula is C17H23N7O2. The molecule has 2 heterocycles. The number of amides is 3. The zero-order chi connectivity index (χ0) is 18.9. The number of aryl methyl sites for hydroxylation is 1. The molecule has 0 radical (unpaired) electrons. The van der Waals surface area contributed by atoms with Crippen molar-refractivity contribution in [3.63, 3.8) is 0 Å². The number of imidazole rings is 1. The van der Waals surface area contributed by atoms with Crippen molar-refractivity contribution in [2.24, 2.45) is 18.1 Å². The van der Waals surface area contributed by atoms with Crippen molar-refractivity contribution in [3.05, 3.63) is 11.9 Å². The lowest BCUT2D eigenvalue weighted by Gasteiger charge is -2.31. The maximum atomic E-state index is 12.0. The number of carbonyl (C=O) groups is 2. The number of nitrogens with zero attached hydrogens (tertiary/aromatic N) is 5. The lowest BCUT2D eigenvalue weighted by Crippen LogP contribution is -2.49. The number of aromatic nitrogens is 2. The van der Waals surface area contributed by atoms with Crippen LogP contribution in [0.15, 0.2) is 11.3 Å². The smallest absolute Gasteiger partial charge is 0.322 e. The Kier molecular flexibility index (Phi) is 4.68. The number of carbonyl (C=O) groups excluding carboxylic acids is 2. The highest BCUT2D eigenvalue weighted by atomic mass is 16.2. The molecule has 1 aromatic heterocycles. The maximum absolute atomic E-state index is 12.0. The van der Waals surface area contributed by atoms with Crippen LogP contribution in [0.1, 0.15) is 45.2 Å². The van der Waals surface area contributed by atoms with Gasteiger partial charge in [-0.3, -0.25) is 10.1 Å². The Labute approximate surface area is 152 Å². The van der Waals surface area contributed by atoms with E-state index in [9.17, 15) is 9.59 Å². The average Bonchev–Trinajstić information content (AvgIpc) is 3.08. The summed E-state index contributed by atoms with van der Waals surface area (Å²) in [6, 6.07) is 1.63. The third kappa shape index (κ3) is 3.40. The molecule has 0 bridgehead atoms. The fraction of sp³-hybridized carbons (Fsp3) is 0.588.